The monoisotopic (exact) mass is 473 g/mol. The van der Waals surface area contributed by atoms with Gasteiger partial charge in [-0.3, -0.25) is 19.0 Å². The molecule has 2 aromatic carbocycles. The van der Waals surface area contributed by atoms with Crippen LogP contribution in [0.2, 0.25) is 0 Å². The van der Waals surface area contributed by atoms with Gasteiger partial charge >= 0.3 is 5.97 Å². The van der Waals surface area contributed by atoms with Gasteiger partial charge in [-0.25, -0.2) is 4.98 Å². The van der Waals surface area contributed by atoms with E-state index in [1.54, 1.807) is 31.4 Å². The maximum absolute atomic E-state index is 12.8. The molecule has 0 saturated heterocycles. The molecular weight excluding hydrogens is 446 g/mol. The molecule has 35 heavy (non-hydrogen) atoms. The van der Waals surface area contributed by atoms with Gasteiger partial charge in [-0.15, -0.1) is 0 Å². The number of Topliss-reactive ketones (excluding diaryl/α,β-unsaturated/α-hetero) is 1. The van der Waals surface area contributed by atoms with E-state index in [1.807, 2.05) is 44.2 Å². The molecule has 4 rings (SSSR count). The van der Waals surface area contributed by atoms with Crippen molar-refractivity contribution in [3.63, 3.8) is 0 Å². The number of para-hydroxylation sites is 2. The van der Waals surface area contributed by atoms with Crippen molar-refractivity contribution in [2.24, 2.45) is 0 Å². The number of rotatable bonds is 9. The van der Waals surface area contributed by atoms with E-state index in [9.17, 15) is 14.4 Å². The van der Waals surface area contributed by atoms with E-state index in [2.05, 4.69) is 9.55 Å². The zero-order valence-corrected chi connectivity index (χ0v) is 20.0. The van der Waals surface area contributed by atoms with E-state index >= 15 is 0 Å². The fourth-order valence-electron chi connectivity index (χ4n) is 4.14. The van der Waals surface area contributed by atoms with Gasteiger partial charge in [0, 0.05) is 23.5 Å². The van der Waals surface area contributed by atoms with Crippen LogP contribution in [0.1, 0.15) is 27.3 Å². The molecule has 8 nitrogen and oxygen atoms in total. The first kappa shape index (κ1) is 23.9. The lowest BCUT2D eigenvalue weighted by atomic mass is 10.1. The molecule has 180 valence electrons. The van der Waals surface area contributed by atoms with Crippen molar-refractivity contribution in [2.45, 2.75) is 33.4 Å². The Morgan fingerprint density at radius 1 is 1.00 bits per heavy atom. The number of carbonyl (C=O) groups is 2. The molecule has 0 spiro atoms. The molecule has 2 heterocycles. The van der Waals surface area contributed by atoms with Crippen LogP contribution in [0.4, 0.5) is 0 Å². The zero-order chi connectivity index (χ0) is 24.9. The van der Waals surface area contributed by atoms with Crippen LogP contribution in [0.15, 0.2) is 65.6 Å². The summed E-state index contributed by atoms with van der Waals surface area (Å²) in [5.74, 6) is -0.134. The van der Waals surface area contributed by atoms with E-state index in [1.165, 1.54) is 16.3 Å². The summed E-state index contributed by atoms with van der Waals surface area (Å²) in [7, 11) is 1.64. The smallest absolute Gasteiger partial charge is 0.326 e. The second kappa shape index (κ2) is 10.4. The Kier molecular flexibility index (Phi) is 7.10. The van der Waals surface area contributed by atoms with Crippen LogP contribution in [0, 0.1) is 13.8 Å². The van der Waals surface area contributed by atoms with Crippen molar-refractivity contribution in [3.05, 3.63) is 93.7 Å². The lowest BCUT2D eigenvalue weighted by Crippen LogP contribution is -2.27. The highest BCUT2D eigenvalue weighted by molar-refractivity contribution is 5.99. The van der Waals surface area contributed by atoms with Crippen LogP contribution in [0.5, 0.6) is 5.75 Å². The molecule has 8 heteroatoms. The fourth-order valence-corrected chi connectivity index (χ4v) is 4.14. The van der Waals surface area contributed by atoms with E-state index < -0.39 is 11.5 Å². The molecule has 0 N–H and O–H groups in total. The number of hydrogen-bond donors (Lipinski definition) is 0. The Morgan fingerprint density at radius 3 is 2.49 bits per heavy atom. The molecule has 0 radical (unpaired) electrons. The van der Waals surface area contributed by atoms with Crippen LogP contribution in [-0.2, 0) is 29.0 Å². The number of benzene rings is 2. The molecule has 0 saturated carbocycles. The van der Waals surface area contributed by atoms with Gasteiger partial charge in [-0.1, -0.05) is 24.3 Å². The maximum Gasteiger partial charge on any atom is 0.326 e. The number of aryl methyl sites for hydroxylation is 2. The SMILES string of the molecule is COc1ccc(CCn2c(C)cc(C(=O)COC(=O)Cn3c(=O)cnc4ccccc43)c2C)cc1. The summed E-state index contributed by atoms with van der Waals surface area (Å²) in [6.45, 7) is 3.87. The minimum atomic E-state index is -0.662. The van der Waals surface area contributed by atoms with Crippen molar-refractivity contribution in [1.82, 2.24) is 14.1 Å². The average molecular weight is 474 g/mol. The number of nitrogens with zero attached hydrogens (tertiary/aromatic N) is 3. The lowest BCUT2D eigenvalue weighted by molar-refractivity contribution is -0.143. The molecular formula is C27H27N3O5. The Bertz CT molecular complexity index is 1430. The third-order valence-electron chi connectivity index (χ3n) is 6.06. The fraction of sp³-hybridized carbons (Fsp3) is 0.259. The van der Waals surface area contributed by atoms with Crippen molar-refractivity contribution >= 4 is 22.8 Å². The van der Waals surface area contributed by atoms with Gasteiger partial charge in [-0.2, -0.15) is 0 Å². The van der Waals surface area contributed by atoms with Crippen LogP contribution in [0.3, 0.4) is 0 Å². The number of methoxy groups -OCH3 is 1. The van der Waals surface area contributed by atoms with Gasteiger partial charge < -0.3 is 14.0 Å². The number of fused-ring (bicyclic) bond motifs is 1. The van der Waals surface area contributed by atoms with Gasteiger partial charge in [0.25, 0.3) is 5.56 Å². The minimum absolute atomic E-state index is 0.283. The second-order valence-corrected chi connectivity index (χ2v) is 8.29. The third kappa shape index (κ3) is 5.32. The van der Waals surface area contributed by atoms with Gasteiger partial charge in [-0.05, 0) is 56.2 Å². The van der Waals surface area contributed by atoms with Crippen LogP contribution < -0.4 is 10.3 Å². The normalized spacial score (nSPS) is 10.9. The van der Waals surface area contributed by atoms with Crippen LogP contribution in [-0.4, -0.2) is 39.6 Å². The Morgan fingerprint density at radius 2 is 1.74 bits per heavy atom. The van der Waals surface area contributed by atoms with Crippen LogP contribution in [0.25, 0.3) is 11.0 Å². The number of ether oxygens (including phenoxy) is 2. The van der Waals surface area contributed by atoms with Crippen molar-refractivity contribution in [1.29, 1.82) is 0 Å². The van der Waals surface area contributed by atoms with E-state index in [4.69, 9.17) is 9.47 Å². The van der Waals surface area contributed by atoms with Gasteiger partial charge in [0.2, 0.25) is 5.78 Å². The van der Waals surface area contributed by atoms with E-state index in [0.717, 1.165) is 30.1 Å². The molecule has 2 aromatic heterocycles. The first-order valence-corrected chi connectivity index (χ1v) is 11.3. The number of aromatic nitrogens is 3. The third-order valence-corrected chi connectivity index (χ3v) is 6.06. The van der Waals surface area contributed by atoms with Crippen LogP contribution >= 0.6 is 0 Å². The predicted octanol–water partition coefficient (Wildman–Crippen LogP) is 3.49. The summed E-state index contributed by atoms with van der Waals surface area (Å²) in [6.07, 6.45) is 1.97. The zero-order valence-electron chi connectivity index (χ0n) is 20.0. The largest absolute Gasteiger partial charge is 0.497 e. The van der Waals surface area contributed by atoms with E-state index in [0.29, 0.717) is 16.6 Å². The first-order valence-electron chi connectivity index (χ1n) is 11.3. The molecule has 0 atom stereocenters. The summed E-state index contributed by atoms with van der Waals surface area (Å²) in [4.78, 5) is 41.6. The lowest BCUT2D eigenvalue weighted by Gasteiger charge is -2.11. The van der Waals surface area contributed by atoms with Gasteiger partial charge in [0.05, 0.1) is 24.3 Å². The molecule has 0 bridgehead atoms. The predicted molar refractivity (Wildman–Crippen MR) is 132 cm³/mol. The maximum atomic E-state index is 12.8. The highest BCUT2D eigenvalue weighted by Gasteiger charge is 2.18. The summed E-state index contributed by atoms with van der Waals surface area (Å²) in [6, 6.07) is 16.8. The molecule has 4 aromatic rings. The molecule has 0 aliphatic carbocycles. The summed E-state index contributed by atoms with van der Waals surface area (Å²) < 4.78 is 13.8. The summed E-state index contributed by atoms with van der Waals surface area (Å²) in [5, 5.41) is 0. The number of ketones is 1. The average Bonchev–Trinajstić information content (AvgIpc) is 3.16. The van der Waals surface area contributed by atoms with Crippen molar-refractivity contribution < 1.29 is 19.1 Å². The Labute approximate surface area is 202 Å². The molecule has 0 fully saturated rings. The van der Waals surface area contributed by atoms with Crippen molar-refractivity contribution in [3.8, 4) is 5.75 Å². The minimum Gasteiger partial charge on any atom is -0.497 e. The molecule has 0 aliphatic rings. The van der Waals surface area contributed by atoms with Crippen molar-refractivity contribution in [2.75, 3.05) is 13.7 Å². The highest BCUT2D eigenvalue weighted by atomic mass is 16.5. The van der Waals surface area contributed by atoms with E-state index in [-0.39, 0.29) is 18.9 Å². The number of hydrogen-bond acceptors (Lipinski definition) is 6. The Balaban J connectivity index is 1.39. The quantitative estimate of drug-likeness (QED) is 0.273. The molecule has 0 amide bonds. The standard InChI is InChI=1S/C27H27N3O5/c1-18-14-22(19(2)29(18)13-12-20-8-10-21(34-3)11-9-20)25(31)17-35-27(33)16-30-24-7-5-4-6-23(24)28-15-26(30)32/h4-11,14-15H,12-13,16-17H2,1-3H3. The Hall–Kier alpha value is -4.20. The summed E-state index contributed by atoms with van der Waals surface area (Å²) >= 11 is 0. The first-order chi connectivity index (χ1) is 16.9. The van der Waals surface area contributed by atoms with Gasteiger partial charge in [0.1, 0.15) is 12.3 Å². The summed E-state index contributed by atoms with van der Waals surface area (Å²) in [5.41, 5.74) is 4.19. The molecule has 0 aliphatic heterocycles. The van der Waals surface area contributed by atoms with Gasteiger partial charge in [0.15, 0.2) is 6.61 Å². The number of esters is 1. The second-order valence-electron chi connectivity index (χ2n) is 8.29. The molecule has 0 unspecified atom stereocenters. The number of carbonyl (C=O) groups excluding carboxylic acids is 2. The topological polar surface area (TPSA) is 92.4 Å². The highest BCUT2D eigenvalue weighted by Crippen LogP contribution is 2.18.